The Morgan fingerprint density at radius 1 is 1.24 bits per heavy atom. The van der Waals surface area contributed by atoms with Crippen molar-refractivity contribution in [1.82, 2.24) is 9.55 Å². The fraction of sp³-hybridized carbons (Fsp3) is 0.462. The second-order valence-electron chi connectivity index (χ2n) is 4.15. The zero-order valence-electron chi connectivity index (χ0n) is 10.1. The number of rotatable bonds is 6. The molecule has 0 fully saturated rings. The fourth-order valence-corrected chi connectivity index (χ4v) is 2.81. The van der Waals surface area contributed by atoms with E-state index in [1.807, 2.05) is 17.8 Å². The van der Waals surface area contributed by atoms with Crippen molar-refractivity contribution < 1.29 is 0 Å². The van der Waals surface area contributed by atoms with Crippen LogP contribution in [0.4, 0.5) is 0 Å². The lowest BCUT2D eigenvalue weighted by molar-refractivity contribution is 0.611. The fourth-order valence-electron chi connectivity index (χ4n) is 2.02. The molecular weight excluding hydrogens is 248 g/mol. The molecule has 92 valence electrons. The van der Waals surface area contributed by atoms with E-state index in [1.54, 1.807) is 0 Å². The molecule has 0 saturated heterocycles. The molecule has 1 aromatic heterocycles. The number of thioether (sulfide) groups is 1. The lowest BCUT2D eigenvalue weighted by Gasteiger charge is -2.04. The monoisotopic (exact) mass is 266 g/mol. The Kier molecular flexibility index (Phi) is 4.68. The van der Waals surface area contributed by atoms with E-state index in [0.717, 1.165) is 16.8 Å². The second kappa shape index (κ2) is 6.26. The van der Waals surface area contributed by atoms with Crippen molar-refractivity contribution in [1.29, 1.82) is 0 Å². The maximum absolute atomic E-state index is 5.36. The molecule has 0 amide bonds. The molecule has 0 aliphatic carbocycles. The van der Waals surface area contributed by atoms with E-state index in [9.17, 15) is 0 Å². The quantitative estimate of drug-likeness (QED) is 0.624. The zero-order valence-corrected chi connectivity index (χ0v) is 11.7. The summed E-state index contributed by atoms with van der Waals surface area (Å²) in [5.74, 6) is 1.26. The molecule has 0 bridgehead atoms. The highest BCUT2D eigenvalue weighted by molar-refractivity contribution is 7.98. The van der Waals surface area contributed by atoms with E-state index in [0.29, 0.717) is 0 Å². The van der Waals surface area contributed by atoms with Crippen molar-refractivity contribution in [2.45, 2.75) is 25.8 Å². The molecule has 4 heteroatoms. The van der Waals surface area contributed by atoms with Crippen LogP contribution in [0.2, 0.25) is 0 Å². The number of aromatic amines is 1. The normalized spacial score (nSPS) is 11.1. The van der Waals surface area contributed by atoms with E-state index in [1.165, 1.54) is 30.5 Å². The molecule has 2 rings (SSSR count). The van der Waals surface area contributed by atoms with Crippen LogP contribution in [0.15, 0.2) is 24.3 Å². The number of aromatic nitrogens is 2. The topological polar surface area (TPSA) is 20.7 Å². The SMILES string of the molecule is CSCCCCCn1c(=S)[nH]c2ccccc21. The first-order valence-corrected chi connectivity index (χ1v) is 7.79. The third kappa shape index (κ3) is 3.13. The Balaban J connectivity index is 2.03. The van der Waals surface area contributed by atoms with Crippen LogP contribution in [0.5, 0.6) is 0 Å². The van der Waals surface area contributed by atoms with Gasteiger partial charge in [-0.05, 0) is 49.2 Å². The van der Waals surface area contributed by atoms with Crippen LogP contribution >= 0.6 is 24.0 Å². The van der Waals surface area contributed by atoms with Gasteiger partial charge in [-0.15, -0.1) is 0 Å². The van der Waals surface area contributed by atoms with E-state index < -0.39 is 0 Å². The van der Waals surface area contributed by atoms with Crippen LogP contribution in [-0.2, 0) is 6.54 Å². The van der Waals surface area contributed by atoms with Gasteiger partial charge in [0.15, 0.2) is 4.77 Å². The molecule has 0 radical (unpaired) electrons. The Labute approximate surface area is 111 Å². The summed E-state index contributed by atoms with van der Waals surface area (Å²) in [5.41, 5.74) is 2.36. The number of hydrogen-bond acceptors (Lipinski definition) is 2. The molecule has 17 heavy (non-hydrogen) atoms. The molecule has 0 atom stereocenters. The van der Waals surface area contributed by atoms with Crippen molar-refractivity contribution in [2.75, 3.05) is 12.0 Å². The summed E-state index contributed by atoms with van der Waals surface area (Å²) in [5, 5.41) is 0. The third-order valence-electron chi connectivity index (χ3n) is 2.91. The van der Waals surface area contributed by atoms with Crippen LogP contribution in [0.3, 0.4) is 0 Å². The Morgan fingerprint density at radius 3 is 2.88 bits per heavy atom. The number of hydrogen-bond donors (Lipinski definition) is 1. The van der Waals surface area contributed by atoms with Gasteiger partial charge in [-0.1, -0.05) is 18.6 Å². The van der Waals surface area contributed by atoms with Gasteiger partial charge in [0.05, 0.1) is 11.0 Å². The van der Waals surface area contributed by atoms with Crippen LogP contribution in [-0.4, -0.2) is 21.6 Å². The summed E-state index contributed by atoms with van der Waals surface area (Å²) in [4.78, 5) is 3.25. The van der Waals surface area contributed by atoms with Gasteiger partial charge in [0.2, 0.25) is 0 Å². The highest BCUT2D eigenvalue weighted by atomic mass is 32.2. The summed E-state index contributed by atoms with van der Waals surface area (Å²) in [6, 6.07) is 8.31. The molecule has 1 heterocycles. The lowest BCUT2D eigenvalue weighted by atomic mass is 10.2. The Morgan fingerprint density at radius 2 is 2.06 bits per heavy atom. The molecule has 2 aromatic rings. The molecule has 0 spiro atoms. The number of nitrogens with zero attached hydrogens (tertiary/aromatic N) is 1. The summed E-state index contributed by atoms with van der Waals surface area (Å²) in [6.45, 7) is 1.03. The highest BCUT2D eigenvalue weighted by Gasteiger charge is 2.02. The minimum atomic E-state index is 0.844. The number of nitrogens with one attached hydrogen (secondary N) is 1. The van der Waals surface area contributed by atoms with Gasteiger partial charge in [0.25, 0.3) is 0 Å². The maximum Gasteiger partial charge on any atom is 0.178 e. The summed E-state index contributed by atoms with van der Waals surface area (Å²) in [6.07, 6.45) is 5.95. The van der Waals surface area contributed by atoms with E-state index in [2.05, 4.69) is 34.0 Å². The average molecular weight is 266 g/mol. The number of para-hydroxylation sites is 2. The van der Waals surface area contributed by atoms with Crippen molar-refractivity contribution in [3.05, 3.63) is 29.0 Å². The van der Waals surface area contributed by atoms with Gasteiger partial charge in [-0.3, -0.25) is 0 Å². The molecule has 0 unspecified atom stereocenters. The zero-order chi connectivity index (χ0) is 12.1. The number of fused-ring (bicyclic) bond motifs is 1. The summed E-state index contributed by atoms with van der Waals surface area (Å²) in [7, 11) is 0. The number of unbranched alkanes of at least 4 members (excludes halogenated alkanes) is 2. The van der Waals surface area contributed by atoms with Crippen LogP contribution in [0, 0.1) is 4.77 Å². The van der Waals surface area contributed by atoms with E-state index >= 15 is 0 Å². The smallest absolute Gasteiger partial charge is 0.178 e. The maximum atomic E-state index is 5.36. The highest BCUT2D eigenvalue weighted by Crippen LogP contribution is 2.14. The number of benzene rings is 1. The van der Waals surface area contributed by atoms with Crippen LogP contribution < -0.4 is 0 Å². The molecule has 1 aromatic carbocycles. The van der Waals surface area contributed by atoms with E-state index in [-0.39, 0.29) is 0 Å². The van der Waals surface area contributed by atoms with Gasteiger partial charge in [0, 0.05) is 6.54 Å². The third-order valence-corrected chi connectivity index (χ3v) is 3.93. The average Bonchev–Trinajstić information content (AvgIpc) is 2.65. The number of aryl methyl sites for hydroxylation is 1. The summed E-state index contributed by atoms with van der Waals surface area (Å²) < 4.78 is 3.06. The molecule has 0 aliphatic rings. The van der Waals surface area contributed by atoms with Gasteiger partial charge >= 0.3 is 0 Å². The first-order chi connectivity index (χ1) is 8.33. The second-order valence-corrected chi connectivity index (χ2v) is 5.52. The minimum absolute atomic E-state index is 0.844. The van der Waals surface area contributed by atoms with E-state index in [4.69, 9.17) is 12.2 Å². The number of H-pyrrole nitrogens is 1. The van der Waals surface area contributed by atoms with Gasteiger partial charge < -0.3 is 9.55 Å². The lowest BCUT2D eigenvalue weighted by Crippen LogP contribution is -1.98. The Bertz CT molecular complexity index is 527. The molecule has 0 saturated carbocycles. The molecule has 1 N–H and O–H groups in total. The first-order valence-electron chi connectivity index (χ1n) is 5.99. The van der Waals surface area contributed by atoms with Crippen molar-refractivity contribution >= 4 is 35.0 Å². The van der Waals surface area contributed by atoms with Crippen molar-refractivity contribution in [2.24, 2.45) is 0 Å². The van der Waals surface area contributed by atoms with Gasteiger partial charge in [-0.2, -0.15) is 11.8 Å². The predicted octanol–water partition coefficient (Wildman–Crippen LogP) is 4.23. The van der Waals surface area contributed by atoms with Gasteiger partial charge in [-0.25, -0.2) is 0 Å². The van der Waals surface area contributed by atoms with Crippen LogP contribution in [0.25, 0.3) is 11.0 Å². The summed E-state index contributed by atoms with van der Waals surface area (Å²) >= 11 is 7.28. The molecule has 2 nitrogen and oxygen atoms in total. The first kappa shape index (κ1) is 12.7. The predicted molar refractivity (Wildman–Crippen MR) is 79.4 cm³/mol. The van der Waals surface area contributed by atoms with Crippen molar-refractivity contribution in [3.8, 4) is 0 Å². The minimum Gasteiger partial charge on any atom is -0.331 e. The standard InChI is InChI=1S/C13H18N2S2/c1-17-10-6-2-5-9-15-12-8-4-3-7-11(12)14-13(15)16/h3-4,7-8H,2,5-6,9-10H2,1H3,(H,14,16). The molecular formula is C13H18N2S2. The Hall–Kier alpha value is -0.740. The van der Waals surface area contributed by atoms with Gasteiger partial charge in [0.1, 0.15) is 0 Å². The molecule has 0 aliphatic heterocycles. The van der Waals surface area contributed by atoms with Crippen molar-refractivity contribution in [3.63, 3.8) is 0 Å². The largest absolute Gasteiger partial charge is 0.331 e. The van der Waals surface area contributed by atoms with Crippen LogP contribution in [0.1, 0.15) is 19.3 Å². The number of imidazole rings is 1.